The molecule has 0 aromatic heterocycles. The molecule has 0 unspecified atom stereocenters. The van der Waals surface area contributed by atoms with Gasteiger partial charge in [0.25, 0.3) is 0 Å². The van der Waals surface area contributed by atoms with Crippen LogP contribution in [0.5, 0.6) is 0 Å². The minimum atomic E-state index is -3.59. The summed E-state index contributed by atoms with van der Waals surface area (Å²) in [6.45, 7) is 3.06. The molecule has 8 heteroatoms. The van der Waals surface area contributed by atoms with Gasteiger partial charge in [-0.1, -0.05) is 24.6 Å². The van der Waals surface area contributed by atoms with E-state index in [1.54, 1.807) is 27.4 Å². The van der Waals surface area contributed by atoms with Gasteiger partial charge in [-0.2, -0.15) is 4.31 Å². The van der Waals surface area contributed by atoms with Crippen molar-refractivity contribution in [3.8, 4) is 0 Å². The van der Waals surface area contributed by atoms with Gasteiger partial charge < -0.3 is 9.80 Å². The van der Waals surface area contributed by atoms with Crippen LogP contribution in [0.15, 0.2) is 47.4 Å². The van der Waals surface area contributed by atoms with Crippen LogP contribution in [0.2, 0.25) is 0 Å². The molecular formula is C25H29N3O4S. The lowest BCUT2D eigenvalue weighted by Crippen LogP contribution is -2.44. The van der Waals surface area contributed by atoms with Crippen molar-refractivity contribution in [3.63, 3.8) is 0 Å². The third-order valence-corrected chi connectivity index (χ3v) is 9.09. The van der Waals surface area contributed by atoms with Crippen LogP contribution in [0.4, 0.5) is 11.4 Å². The van der Waals surface area contributed by atoms with Gasteiger partial charge >= 0.3 is 0 Å². The van der Waals surface area contributed by atoms with E-state index in [1.807, 2.05) is 31.2 Å². The van der Waals surface area contributed by atoms with Crippen LogP contribution >= 0.6 is 0 Å². The normalized spacial score (nSPS) is 21.1. The Morgan fingerprint density at radius 3 is 2.61 bits per heavy atom. The van der Waals surface area contributed by atoms with Gasteiger partial charge in [-0.05, 0) is 68.0 Å². The molecule has 1 atom stereocenters. The van der Waals surface area contributed by atoms with E-state index in [9.17, 15) is 18.0 Å². The Labute approximate surface area is 195 Å². The molecular weight excluding hydrogens is 438 g/mol. The highest BCUT2D eigenvalue weighted by Crippen LogP contribution is 2.33. The van der Waals surface area contributed by atoms with Crippen LogP contribution < -0.4 is 9.80 Å². The second kappa shape index (κ2) is 8.57. The number of anilines is 2. The quantitative estimate of drug-likeness (QED) is 0.692. The standard InChI is InChI=1S/C25H29N3O4S/c1-18-6-4-5-14-28(18)33(31,32)21-10-11-23-20(16-21)9-12-24(29)27(23)17-25(30)26-15-13-19-7-2-3-8-22(19)26/h2-3,7-8,10-11,16,18H,4-6,9,12-15,17H2,1H3/t18-/m0/s1. The lowest BCUT2D eigenvalue weighted by molar-refractivity contribution is -0.122. The highest BCUT2D eigenvalue weighted by molar-refractivity contribution is 7.89. The summed E-state index contributed by atoms with van der Waals surface area (Å²) >= 11 is 0. The predicted molar refractivity (Wildman–Crippen MR) is 127 cm³/mol. The molecule has 33 heavy (non-hydrogen) atoms. The fraction of sp³-hybridized carbons (Fsp3) is 0.440. The van der Waals surface area contributed by atoms with Crippen LogP contribution in [0.3, 0.4) is 0 Å². The number of fused-ring (bicyclic) bond motifs is 2. The molecule has 0 N–H and O–H groups in total. The molecule has 0 radical (unpaired) electrons. The van der Waals surface area contributed by atoms with Crippen LogP contribution in [-0.4, -0.2) is 50.2 Å². The van der Waals surface area contributed by atoms with E-state index < -0.39 is 10.0 Å². The van der Waals surface area contributed by atoms with Crippen LogP contribution in [0.1, 0.15) is 43.7 Å². The van der Waals surface area contributed by atoms with Gasteiger partial charge in [0.15, 0.2) is 0 Å². The summed E-state index contributed by atoms with van der Waals surface area (Å²) in [5, 5.41) is 0. The average molecular weight is 468 g/mol. The Morgan fingerprint density at radius 1 is 0.970 bits per heavy atom. The molecule has 0 saturated carbocycles. The van der Waals surface area contributed by atoms with Crippen molar-refractivity contribution in [2.45, 2.75) is 56.4 Å². The second-order valence-corrected chi connectivity index (χ2v) is 11.0. The maximum absolute atomic E-state index is 13.3. The summed E-state index contributed by atoms with van der Waals surface area (Å²) in [7, 11) is -3.59. The van der Waals surface area contributed by atoms with Gasteiger partial charge in [-0.3, -0.25) is 9.59 Å². The molecule has 1 saturated heterocycles. The van der Waals surface area contributed by atoms with Gasteiger partial charge in [0.1, 0.15) is 6.54 Å². The van der Waals surface area contributed by atoms with Gasteiger partial charge in [-0.15, -0.1) is 0 Å². The Hall–Kier alpha value is -2.71. The fourth-order valence-corrected chi connectivity index (χ4v) is 7.00. The van der Waals surface area contributed by atoms with E-state index in [-0.39, 0.29) is 35.7 Å². The molecule has 174 valence electrons. The van der Waals surface area contributed by atoms with Gasteiger partial charge in [0.2, 0.25) is 21.8 Å². The van der Waals surface area contributed by atoms with E-state index in [4.69, 9.17) is 0 Å². The van der Waals surface area contributed by atoms with Gasteiger partial charge in [-0.25, -0.2) is 8.42 Å². The van der Waals surface area contributed by atoms with Crippen molar-refractivity contribution in [2.24, 2.45) is 0 Å². The first-order valence-corrected chi connectivity index (χ1v) is 13.1. The Morgan fingerprint density at radius 2 is 1.79 bits per heavy atom. The summed E-state index contributed by atoms with van der Waals surface area (Å²) in [5.74, 6) is -0.233. The average Bonchev–Trinajstić information content (AvgIpc) is 3.25. The van der Waals surface area contributed by atoms with Crippen molar-refractivity contribution < 1.29 is 18.0 Å². The van der Waals surface area contributed by atoms with Crippen molar-refractivity contribution in [2.75, 3.05) is 29.4 Å². The summed E-state index contributed by atoms with van der Waals surface area (Å²) < 4.78 is 28.2. The number of aryl methyl sites for hydroxylation is 1. The number of piperidine rings is 1. The molecule has 0 spiro atoms. The van der Waals surface area contributed by atoms with Gasteiger partial charge in [0.05, 0.1) is 4.90 Å². The van der Waals surface area contributed by atoms with E-state index in [2.05, 4.69) is 0 Å². The maximum Gasteiger partial charge on any atom is 0.247 e. The maximum atomic E-state index is 13.3. The topological polar surface area (TPSA) is 78.0 Å². The smallest absolute Gasteiger partial charge is 0.247 e. The fourth-order valence-electron chi connectivity index (χ4n) is 5.25. The first-order valence-electron chi connectivity index (χ1n) is 11.7. The molecule has 2 amide bonds. The number of benzene rings is 2. The number of carbonyl (C=O) groups is 2. The minimum Gasteiger partial charge on any atom is -0.310 e. The lowest BCUT2D eigenvalue weighted by Gasteiger charge is -2.33. The van der Waals surface area contributed by atoms with Crippen molar-refractivity contribution in [1.82, 2.24) is 4.31 Å². The second-order valence-electron chi connectivity index (χ2n) is 9.16. The first kappa shape index (κ1) is 22.1. The number of carbonyl (C=O) groups excluding carboxylic acids is 2. The zero-order valence-electron chi connectivity index (χ0n) is 18.9. The van der Waals surface area contributed by atoms with Crippen molar-refractivity contribution in [1.29, 1.82) is 0 Å². The molecule has 0 aliphatic carbocycles. The largest absolute Gasteiger partial charge is 0.310 e. The Kier molecular flexibility index (Phi) is 5.74. The van der Waals surface area contributed by atoms with Crippen LogP contribution in [0, 0.1) is 0 Å². The number of amides is 2. The first-order chi connectivity index (χ1) is 15.9. The number of hydrogen-bond acceptors (Lipinski definition) is 4. The third kappa shape index (κ3) is 3.95. The van der Waals surface area contributed by atoms with Crippen molar-refractivity contribution >= 4 is 33.2 Å². The number of sulfonamides is 1. The highest BCUT2D eigenvalue weighted by atomic mass is 32.2. The highest BCUT2D eigenvalue weighted by Gasteiger charge is 2.34. The molecule has 5 rings (SSSR count). The van der Waals surface area contributed by atoms with Gasteiger partial charge in [0, 0.05) is 36.9 Å². The zero-order valence-corrected chi connectivity index (χ0v) is 19.7. The van der Waals surface area contributed by atoms with Crippen LogP contribution in [0.25, 0.3) is 0 Å². The molecule has 1 fully saturated rings. The molecule has 7 nitrogen and oxygen atoms in total. The number of hydrogen-bond donors (Lipinski definition) is 0. The number of para-hydroxylation sites is 1. The Bertz CT molecular complexity index is 1210. The summed E-state index contributed by atoms with van der Waals surface area (Å²) in [4.78, 5) is 29.4. The summed E-state index contributed by atoms with van der Waals surface area (Å²) in [6, 6.07) is 12.8. The third-order valence-electron chi connectivity index (χ3n) is 7.08. The summed E-state index contributed by atoms with van der Waals surface area (Å²) in [5.41, 5.74) is 3.48. The van der Waals surface area contributed by atoms with Crippen molar-refractivity contribution in [3.05, 3.63) is 53.6 Å². The minimum absolute atomic E-state index is 0.0150. The molecule has 2 aromatic carbocycles. The molecule has 3 aliphatic heterocycles. The zero-order chi connectivity index (χ0) is 23.2. The SMILES string of the molecule is C[C@H]1CCCCN1S(=O)(=O)c1ccc2c(c1)CCC(=O)N2CC(=O)N1CCc2ccccc21. The predicted octanol–water partition coefficient (Wildman–Crippen LogP) is 3.12. The molecule has 2 aromatic rings. The van der Waals surface area contributed by atoms with E-state index in [0.29, 0.717) is 25.2 Å². The summed E-state index contributed by atoms with van der Waals surface area (Å²) in [6.07, 6.45) is 4.34. The Balaban J connectivity index is 1.40. The van der Waals surface area contributed by atoms with E-state index in [0.717, 1.165) is 42.5 Å². The lowest BCUT2D eigenvalue weighted by atomic mass is 10.0. The molecule has 3 heterocycles. The number of rotatable bonds is 4. The molecule has 3 aliphatic rings. The van der Waals surface area contributed by atoms with E-state index in [1.165, 1.54) is 4.90 Å². The van der Waals surface area contributed by atoms with Crippen LogP contribution in [-0.2, 0) is 32.5 Å². The number of nitrogens with zero attached hydrogens (tertiary/aromatic N) is 3. The van der Waals surface area contributed by atoms with E-state index >= 15 is 0 Å². The molecule has 0 bridgehead atoms. The monoisotopic (exact) mass is 467 g/mol.